The summed E-state index contributed by atoms with van der Waals surface area (Å²) in [5.74, 6) is 0.0353. The molecule has 5 saturated heterocycles. The van der Waals surface area contributed by atoms with E-state index in [0.29, 0.717) is 42.7 Å². The van der Waals surface area contributed by atoms with Crippen LogP contribution in [0.4, 0.5) is 0 Å². The first-order valence-corrected chi connectivity index (χ1v) is 19.1. The predicted molar refractivity (Wildman–Crippen MR) is 182 cm³/mol. The van der Waals surface area contributed by atoms with Crippen LogP contribution < -0.4 is 5.32 Å². The Morgan fingerprint density at radius 2 is 1.90 bits per heavy atom. The number of nitrogens with one attached hydrogen (secondary N) is 1. The molecule has 11 atom stereocenters. The summed E-state index contributed by atoms with van der Waals surface area (Å²) in [7, 11) is 0. The van der Waals surface area contributed by atoms with Crippen molar-refractivity contribution in [2.24, 2.45) is 22.7 Å². The summed E-state index contributed by atoms with van der Waals surface area (Å²) in [6.07, 6.45) is 6.93. The molecule has 2 bridgehead atoms. The van der Waals surface area contributed by atoms with E-state index < -0.39 is 47.9 Å². The van der Waals surface area contributed by atoms with Gasteiger partial charge in [0.25, 0.3) is 0 Å². The Morgan fingerprint density at radius 1 is 1.08 bits per heavy atom. The minimum absolute atomic E-state index is 0.0137. The molecule has 2 amide bonds. The van der Waals surface area contributed by atoms with E-state index in [2.05, 4.69) is 44.3 Å². The minimum Gasteiger partial charge on any atom is -0.458 e. The summed E-state index contributed by atoms with van der Waals surface area (Å²) in [6.45, 7) is 7.66. The number of carbonyl (C=O) groups is 3. The van der Waals surface area contributed by atoms with E-state index in [0.717, 1.165) is 30.4 Å². The Morgan fingerprint density at radius 3 is 2.73 bits per heavy atom. The highest BCUT2D eigenvalue weighted by atomic mass is 16.8. The third kappa shape index (κ3) is 5.34. The first-order valence-electron chi connectivity index (χ1n) is 19.1. The van der Waals surface area contributed by atoms with Gasteiger partial charge in [-0.3, -0.25) is 19.2 Å². The van der Waals surface area contributed by atoms with Crippen LogP contribution in [-0.2, 0) is 44.7 Å². The average molecular weight is 706 g/mol. The van der Waals surface area contributed by atoms with Gasteiger partial charge in [0.1, 0.15) is 42.7 Å². The van der Waals surface area contributed by atoms with Gasteiger partial charge in [-0.2, -0.15) is 5.06 Å². The van der Waals surface area contributed by atoms with E-state index >= 15 is 0 Å². The Hall–Kier alpha value is -2.87. The van der Waals surface area contributed by atoms with Gasteiger partial charge in [0.05, 0.1) is 24.9 Å². The molecule has 1 unspecified atom stereocenters. The lowest BCUT2D eigenvalue weighted by Crippen LogP contribution is -2.70. The fourth-order valence-electron chi connectivity index (χ4n) is 11.1. The van der Waals surface area contributed by atoms with Gasteiger partial charge in [-0.15, -0.1) is 0 Å². The fraction of sp³-hybridized carbons (Fsp3) is 0.718. The van der Waals surface area contributed by atoms with E-state index in [1.54, 1.807) is 9.96 Å². The molecule has 8 fully saturated rings. The number of rotatable bonds is 7. The third-order valence-electron chi connectivity index (χ3n) is 13.8. The van der Waals surface area contributed by atoms with Gasteiger partial charge in [0.2, 0.25) is 11.8 Å². The number of epoxide rings is 1. The molecule has 12 nitrogen and oxygen atoms in total. The number of hydrogen-bond acceptors (Lipinski definition) is 10. The number of esters is 1. The molecule has 276 valence electrons. The first-order chi connectivity index (χ1) is 24.5. The standard InChI is InChI=1S/C39H51N3O9/c1-37(2)18-25-23(10-11-29-38(3,50-29)13-12-26(25)37)17-22-7-4-5-8-24(22)20-42-32-35(45)49-28-19-39(32,33(51-42)31-30(28)47-21-48-31)36(46)41-15-6-9-27(41)34(44)40-14-16-43/h4-5,7-8,17,25-33,43H,6,9-16,18-21H2,1-3H3,(H,40,44)/t25-,26-,27-,28+,29?,30+,31+,32+,33-,38-,39+/m1/s1. The van der Waals surface area contributed by atoms with Crippen LogP contribution in [0.15, 0.2) is 29.8 Å². The number of amides is 2. The highest BCUT2D eigenvalue weighted by Crippen LogP contribution is 2.60. The zero-order chi connectivity index (χ0) is 35.3. The normalized spacial score (nSPS) is 42.8. The molecule has 12 heteroatoms. The van der Waals surface area contributed by atoms with Crippen molar-refractivity contribution in [3.8, 4) is 0 Å². The van der Waals surface area contributed by atoms with Crippen LogP contribution in [0.25, 0.3) is 6.08 Å². The molecule has 5 aliphatic heterocycles. The van der Waals surface area contributed by atoms with Gasteiger partial charge in [0.15, 0.2) is 6.04 Å². The number of fused-ring (bicyclic) bond motifs is 6. The summed E-state index contributed by atoms with van der Waals surface area (Å²) in [4.78, 5) is 50.6. The highest BCUT2D eigenvalue weighted by molar-refractivity contribution is 5.96. The van der Waals surface area contributed by atoms with Crippen LogP contribution >= 0.6 is 0 Å². The number of hydrogen-bond donors (Lipinski definition) is 2. The van der Waals surface area contributed by atoms with Crippen molar-refractivity contribution in [2.75, 3.05) is 26.5 Å². The molecule has 0 radical (unpaired) electrons. The van der Waals surface area contributed by atoms with Crippen molar-refractivity contribution >= 4 is 23.9 Å². The van der Waals surface area contributed by atoms with Crippen LogP contribution in [0.5, 0.6) is 0 Å². The van der Waals surface area contributed by atoms with Crippen LogP contribution in [0.3, 0.4) is 0 Å². The molecule has 51 heavy (non-hydrogen) atoms. The van der Waals surface area contributed by atoms with E-state index in [1.165, 1.54) is 18.4 Å². The predicted octanol–water partition coefficient (Wildman–Crippen LogP) is 3.10. The second-order valence-electron chi connectivity index (χ2n) is 17.1. The molecule has 0 aromatic heterocycles. The molecular weight excluding hydrogens is 654 g/mol. The fourth-order valence-corrected chi connectivity index (χ4v) is 11.1. The Bertz CT molecular complexity index is 1630. The summed E-state index contributed by atoms with van der Waals surface area (Å²) in [5, 5.41) is 13.7. The van der Waals surface area contributed by atoms with Crippen molar-refractivity contribution in [1.29, 1.82) is 0 Å². The van der Waals surface area contributed by atoms with Crippen molar-refractivity contribution in [3.63, 3.8) is 0 Å². The summed E-state index contributed by atoms with van der Waals surface area (Å²) in [6, 6.07) is 6.54. The maximum Gasteiger partial charge on any atom is 0.327 e. The number of allylic oxidation sites excluding steroid dienone is 1. The molecule has 8 aliphatic rings. The van der Waals surface area contributed by atoms with E-state index in [-0.39, 0.29) is 50.3 Å². The van der Waals surface area contributed by atoms with Gasteiger partial charge >= 0.3 is 5.97 Å². The molecule has 5 heterocycles. The van der Waals surface area contributed by atoms with Crippen molar-refractivity contribution in [2.45, 2.75) is 127 Å². The molecule has 1 aromatic carbocycles. The number of nitrogens with zero attached hydrogens (tertiary/aromatic N) is 2. The third-order valence-corrected chi connectivity index (χ3v) is 13.8. The molecule has 3 aliphatic carbocycles. The SMILES string of the molecule is CC1(C)C[C@@H]2C(=Cc3ccccc3CN3O[C@@H]4[C@H]5OCO[C@H]5[C@@H]5C[C@]4(C(=O)N4CCC[C@@H]4C(=O)NCCO)[C@@H]3C(=O)O5)CCC3O[C@]3(C)CC[C@H]21. The number of benzene rings is 1. The van der Waals surface area contributed by atoms with Crippen LogP contribution in [0, 0.1) is 22.7 Å². The molecular formula is C39H51N3O9. The van der Waals surface area contributed by atoms with Gasteiger partial charge in [-0.25, -0.2) is 0 Å². The topological polar surface area (TPSA) is 139 Å². The number of ether oxygens (including phenoxy) is 4. The monoisotopic (exact) mass is 705 g/mol. The summed E-state index contributed by atoms with van der Waals surface area (Å²) in [5.41, 5.74) is 2.53. The quantitative estimate of drug-likeness (QED) is 0.322. The van der Waals surface area contributed by atoms with E-state index in [1.807, 2.05) is 12.1 Å². The smallest absolute Gasteiger partial charge is 0.327 e. The number of carbonyl (C=O) groups excluding carboxylic acids is 3. The lowest BCUT2D eigenvalue weighted by molar-refractivity contribution is -0.204. The van der Waals surface area contributed by atoms with Crippen LogP contribution in [0.1, 0.15) is 83.3 Å². The molecule has 2 N–H and O–H groups in total. The highest BCUT2D eigenvalue weighted by Gasteiger charge is 2.75. The zero-order valence-corrected chi connectivity index (χ0v) is 29.9. The van der Waals surface area contributed by atoms with Crippen molar-refractivity contribution in [1.82, 2.24) is 15.3 Å². The van der Waals surface area contributed by atoms with E-state index in [4.69, 9.17) is 23.8 Å². The second kappa shape index (κ2) is 12.3. The van der Waals surface area contributed by atoms with Gasteiger partial charge in [-0.1, -0.05) is 49.8 Å². The summed E-state index contributed by atoms with van der Waals surface area (Å²) >= 11 is 0. The second-order valence-corrected chi connectivity index (χ2v) is 17.1. The number of hydroxylamine groups is 2. The van der Waals surface area contributed by atoms with E-state index in [9.17, 15) is 19.5 Å². The van der Waals surface area contributed by atoms with Gasteiger partial charge in [-0.05, 0) is 80.2 Å². The Kier molecular flexibility index (Phi) is 8.21. The van der Waals surface area contributed by atoms with Crippen molar-refractivity contribution < 1.29 is 43.3 Å². The molecule has 9 rings (SSSR count). The maximum atomic E-state index is 15.0. The number of aliphatic hydroxyl groups is 1. The Balaban J connectivity index is 1.04. The zero-order valence-electron chi connectivity index (χ0n) is 29.9. The van der Waals surface area contributed by atoms with Crippen LogP contribution in [0.2, 0.25) is 0 Å². The lowest BCUT2D eigenvalue weighted by atomic mass is 9.52. The lowest BCUT2D eigenvalue weighted by Gasteiger charge is -2.53. The minimum atomic E-state index is -1.32. The van der Waals surface area contributed by atoms with Gasteiger partial charge < -0.3 is 34.3 Å². The number of aliphatic hydroxyl groups excluding tert-OH is 1. The van der Waals surface area contributed by atoms with Crippen molar-refractivity contribution in [3.05, 3.63) is 41.0 Å². The molecule has 1 aromatic rings. The Labute approximate surface area is 299 Å². The van der Waals surface area contributed by atoms with Gasteiger partial charge in [0, 0.05) is 19.5 Å². The average Bonchev–Trinajstić information content (AvgIpc) is 3.57. The maximum absolute atomic E-state index is 15.0. The summed E-state index contributed by atoms with van der Waals surface area (Å²) < 4.78 is 24.2. The largest absolute Gasteiger partial charge is 0.458 e. The molecule has 0 spiro atoms. The first kappa shape index (κ1) is 33.9. The molecule has 3 saturated carbocycles. The van der Waals surface area contributed by atoms with Crippen LogP contribution in [-0.4, -0.2) is 108 Å². The number of likely N-dealkylation sites (tertiary alicyclic amines) is 1.